The molecule has 0 spiro atoms. The Balaban J connectivity index is 2.43. The number of nitrogens with one attached hydrogen (secondary N) is 1. The molecule has 1 rings (SSSR count). The fourth-order valence-electron chi connectivity index (χ4n) is 2.29. The molecule has 1 aromatic heterocycles. The number of aromatic nitrogens is 2. The van der Waals surface area contributed by atoms with Gasteiger partial charge < -0.3 is 5.32 Å². The summed E-state index contributed by atoms with van der Waals surface area (Å²) in [6.45, 7) is 8.75. The Bertz CT molecular complexity index is 287. The van der Waals surface area contributed by atoms with E-state index in [1.54, 1.807) is 0 Å². The fraction of sp³-hybridized carbons (Fsp3) is 0.786. The number of hydrogen-bond donors (Lipinski definition) is 1. The van der Waals surface area contributed by atoms with Gasteiger partial charge in [0.2, 0.25) is 0 Å². The normalized spacial score (nSPS) is 12.9. The fourth-order valence-corrected chi connectivity index (χ4v) is 2.29. The summed E-state index contributed by atoms with van der Waals surface area (Å²) >= 11 is 0. The standard InChI is InChI=1S/C14H27N3/c1-4-7-13(15-6-3)8-9-14-10-11-16-17(14)12-5-2/h10-11,13,15H,4-9,12H2,1-3H3. The van der Waals surface area contributed by atoms with Crippen molar-refractivity contribution in [3.05, 3.63) is 18.0 Å². The van der Waals surface area contributed by atoms with Crippen LogP contribution in [0, 0.1) is 0 Å². The van der Waals surface area contributed by atoms with Crippen molar-refractivity contribution < 1.29 is 0 Å². The van der Waals surface area contributed by atoms with E-state index in [1.165, 1.54) is 25.0 Å². The van der Waals surface area contributed by atoms with E-state index in [-0.39, 0.29) is 0 Å². The molecule has 0 aliphatic heterocycles. The Morgan fingerprint density at radius 3 is 2.71 bits per heavy atom. The van der Waals surface area contributed by atoms with Crippen LogP contribution in [-0.2, 0) is 13.0 Å². The highest BCUT2D eigenvalue weighted by Crippen LogP contribution is 2.09. The van der Waals surface area contributed by atoms with Gasteiger partial charge in [-0.3, -0.25) is 4.68 Å². The van der Waals surface area contributed by atoms with Gasteiger partial charge in [-0.25, -0.2) is 0 Å². The van der Waals surface area contributed by atoms with Crippen LogP contribution in [0.25, 0.3) is 0 Å². The summed E-state index contributed by atoms with van der Waals surface area (Å²) in [6, 6.07) is 2.82. The molecular weight excluding hydrogens is 210 g/mol. The molecule has 0 radical (unpaired) electrons. The van der Waals surface area contributed by atoms with Crippen LogP contribution in [0.3, 0.4) is 0 Å². The lowest BCUT2D eigenvalue weighted by atomic mass is 10.0. The zero-order valence-electron chi connectivity index (χ0n) is 11.6. The molecule has 1 atom stereocenters. The molecule has 0 bridgehead atoms. The van der Waals surface area contributed by atoms with Gasteiger partial charge in [-0.15, -0.1) is 0 Å². The van der Waals surface area contributed by atoms with E-state index in [2.05, 4.69) is 41.9 Å². The van der Waals surface area contributed by atoms with Crippen molar-refractivity contribution in [2.75, 3.05) is 6.54 Å². The van der Waals surface area contributed by atoms with Crippen LogP contribution in [0.15, 0.2) is 12.3 Å². The highest BCUT2D eigenvalue weighted by molar-refractivity contribution is 5.01. The summed E-state index contributed by atoms with van der Waals surface area (Å²) in [4.78, 5) is 0. The Morgan fingerprint density at radius 2 is 2.06 bits per heavy atom. The predicted molar refractivity (Wildman–Crippen MR) is 73.2 cm³/mol. The van der Waals surface area contributed by atoms with Crippen LogP contribution in [0.2, 0.25) is 0 Å². The molecule has 0 aliphatic rings. The summed E-state index contributed by atoms with van der Waals surface area (Å²) in [5, 5.41) is 7.94. The predicted octanol–water partition coefficient (Wildman–Crippen LogP) is 3.00. The second-order valence-electron chi connectivity index (χ2n) is 4.63. The quantitative estimate of drug-likeness (QED) is 0.715. The zero-order valence-corrected chi connectivity index (χ0v) is 11.6. The molecular formula is C14H27N3. The topological polar surface area (TPSA) is 29.9 Å². The van der Waals surface area contributed by atoms with Gasteiger partial charge in [0, 0.05) is 24.5 Å². The highest BCUT2D eigenvalue weighted by atomic mass is 15.3. The lowest BCUT2D eigenvalue weighted by Crippen LogP contribution is -2.29. The average molecular weight is 237 g/mol. The minimum atomic E-state index is 0.662. The molecule has 0 aromatic carbocycles. The van der Waals surface area contributed by atoms with Crippen molar-refractivity contribution in [1.29, 1.82) is 0 Å². The van der Waals surface area contributed by atoms with E-state index >= 15 is 0 Å². The molecule has 0 saturated carbocycles. The molecule has 1 heterocycles. The van der Waals surface area contributed by atoms with E-state index in [4.69, 9.17) is 0 Å². The molecule has 1 N–H and O–H groups in total. The maximum Gasteiger partial charge on any atom is 0.0492 e. The van der Waals surface area contributed by atoms with E-state index in [0.717, 1.165) is 25.9 Å². The van der Waals surface area contributed by atoms with Gasteiger partial charge in [0.25, 0.3) is 0 Å². The van der Waals surface area contributed by atoms with Crippen molar-refractivity contribution in [2.24, 2.45) is 0 Å². The van der Waals surface area contributed by atoms with Gasteiger partial charge in [0.15, 0.2) is 0 Å². The first-order chi connectivity index (χ1) is 8.31. The SMILES string of the molecule is CCCC(CCc1ccnn1CCC)NCC. The Kier molecular flexibility index (Phi) is 6.94. The molecule has 0 aliphatic carbocycles. The number of aryl methyl sites for hydroxylation is 2. The minimum absolute atomic E-state index is 0.662. The molecule has 98 valence electrons. The van der Waals surface area contributed by atoms with E-state index in [9.17, 15) is 0 Å². The van der Waals surface area contributed by atoms with Crippen LogP contribution >= 0.6 is 0 Å². The second kappa shape index (κ2) is 8.29. The molecule has 0 fully saturated rings. The van der Waals surface area contributed by atoms with Crippen molar-refractivity contribution in [1.82, 2.24) is 15.1 Å². The molecule has 17 heavy (non-hydrogen) atoms. The van der Waals surface area contributed by atoms with Crippen LogP contribution in [0.1, 0.15) is 52.1 Å². The summed E-state index contributed by atoms with van der Waals surface area (Å²) in [5.74, 6) is 0. The first-order valence-corrected chi connectivity index (χ1v) is 7.05. The van der Waals surface area contributed by atoms with Gasteiger partial charge in [-0.1, -0.05) is 27.2 Å². The summed E-state index contributed by atoms with van der Waals surface area (Å²) in [5.41, 5.74) is 1.38. The van der Waals surface area contributed by atoms with Gasteiger partial charge in [-0.2, -0.15) is 5.10 Å². The maximum absolute atomic E-state index is 4.37. The molecule has 3 heteroatoms. The Labute approximate surface area is 106 Å². The Morgan fingerprint density at radius 1 is 1.24 bits per heavy atom. The first-order valence-electron chi connectivity index (χ1n) is 7.05. The monoisotopic (exact) mass is 237 g/mol. The lowest BCUT2D eigenvalue weighted by molar-refractivity contribution is 0.450. The van der Waals surface area contributed by atoms with E-state index in [0.29, 0.717) is 6.04 Å². The number of hydrogen-bond acceptors (Lipinski definition) is 2. The Hall–Kier alpha value is -0.830. The van der Waals surface area contributed by atoms with Gasteiger partial charge in [0.1, 0.15) is 0 Å². The van der Waals surface area contributed by atoms with E-state index < -0.39 is 0 Å². The summed E-state index contributed by atoms with van der Waals surface area (Å²) < 4.78 is 2.15. The van der Waals surface area contributed by atoms with Gasteiger partial charge >= 0.3 is 0 Å². The third kappa shape index (κ3) is 4.90. The summed E-state index contributed by atoms with van der Waals surface area (Å²) in [7, 11) is 0. The third-order valence-electron chi connectivity index (χ3n) is 3.12. The molecule has 3 nitrogen and oxygen atoms in total. The van der Waals surface area contributed by atoms with Crippen LogP contribution < -0.4 is 5.32 Å². The molecule has 1 aromatic rings. The molecule has 0 amide bonds. The smallest absolute Gasteiger partial charge is 0.0492 e. The van der Waals surface area contributed by atoms with Gasteiger partial charge in [0.05, 0.1) is 0 Å². The van der Waals surface area contributed by atoms with Gasteiger partial charge in [-0.05, 0) is 38.3 Å². The van der Waals surface area contributed by atoms with Crippen LogP contribution in [0.4, 0.5) is 0 Å². The third-order valence-corrected chi connectivity index (χ3v) is 3.12. The van der Waals surface area contributed by atoms with Crippen molar-refractivity contribution in [3.63, 3.8) is 0 Å². The highest BCUT2D eigenvalue weighted by Gasteiger charge is 2.08. The number of rotatable bonds is 9. The number of nitrogens with zero attached hydrogens (tertiary/aromatic N) is 2. The van der Waals surface area contributed by atoms with Crippen molar-refractivity contribution in [3.8, 4) is 0 Å². The van der Waals surface area contributed by atoms with Crippen LogP contribution in [0.5, 0.6) is 0 Å². The zero-order chi connectivity index (χ0) is 12.5. The van der Waals surface area contributed by atoms with E-state index in [1.807, 2.05) is 6.20 Å². The lowest BCUT2D eigenvalue weighted by Gasteiger charge is -2.17. The van der Waals surface area contributed by atoms with Crippen molar-refractivity contribution >= 4 is 0 Å². The average Bonchev–Trinajstić information content (AvgIpc) is 2.75. The van der Waals surface area contributed by atoms with Crippen molar-refractivity contribution in [2.45, 2.75) is 65.5 Å². The summed E-state index contributed by atoms with van der Waals surface area (Å²) in [6.07, 6.45) is 7.96. The minimum Gasteiger partial charge on any atom is -0.314 e. The molecule has 1 unspecified atom stereocenters. The largest absolute Gasteiger partial charge is 0.314 e. The molecule has 0 saturated heterocycles. The maximum atomic E-state index is 4.37. The first kappa shape index (κ1) is 14.2. The second-order valence-corrected chi connectivity index (χ2v) is 4.63. The van der Waals surface area contributed by atoms with Crippen LogP contribution in [-0.4, -0.2) is 22.4 Å².